The van der Waals surface area contributed by atoms with E-state index < -0.39 is 0 Å². The highest BCUT2D eigenvalue weighted by Gasteiger charge is 2.35. The van der Waals surface area contributed by atoms with Crippen LogP contribution >= 0.6 is 0 Å². The van der Waals surface area contributed by atoms with E-state index in [9.17, 15) is 9.59 Å². The van der Waals surface area contributed by atoms with Gasteiger partial charge in [-0.3, -0.25) is 19.5 Å². The highest BCUT2D eigenvalue weighted by Crippen LogP contribution is 2.19. The third kappa shape index (κ3) is 5.74. The van der Waals surface area contributed by atoms with E-state index in [2.05, 4.69) is 20.1 Å². The molecule has 3 rings (SSSR count). The Labute approximate surface area is 161 Å². The van der Waals surface area contributed by atoms with Gasteiger partial charge in [-0.25, -0.2) is 0 Å². The van der Waals surface area contributed by atoms with Gasteiger partial charge in [0.2, 0.25) is 11.8 Å². The summed E-state index contributed by atoms with van der Waals surface area (Å²) in [6, 6.07) is 4.32. The van der Waals surface area contributed by atoms with Crippen LogP contribution in [0.1, 0.15) is 24.8 Å². The van der Waals surface area contributed by atoms with Crippen molar-refractivity contribution in [3.63, 3.8) is 0 Å². The summed E-state index contributed by atoms with van der Waals surface area (Å²) in [5.74, 6) is -0.0537. The number of rotatable bonds is 7. The molecule has 27 heavy (non-hydrogen) atoms. The SMILES string of the molecule is CN(C)CCN1C[C@@H](C(=O)NC2CCN(Cc3ccncc3)CC2)CC1=O. The Hall–Kier alpha value is -1.99. The molecule has 2 aliphatic rings. The molecule has 148 valence electrons. The van der Waals surface area contributed by atoms with Crippen LogP contribution < -0.4 is 5.32 Å². The van der Waals surface area contributed by atoms with E-state index in [1.165, 1.54) is 5.56 Å². The average Bonchev–Trinajstić information content (AvgIpc) is 3.03. The predicted octanol–water partition coefficient (Wildman–Crippen LogP) is 0.572. The van der Waals surface area contributed by atoms with Gasteiger partial charge in [0.05, 0.1) is 5.92 Å². The summed E-state index contributed by atoms with van der Waals surface area (Å²) in [4.78, 5) is 35.1. The van der Waals surface area contributed by atoms with E-state index in [1.807, 2.05) is 43.5 Å². The molecule has 7 nitrogen and oxygen atoms in total. The zero-order valence-corrected chi connectivity index (χ0v) is 16.4. The van der Waals surface area contributed by atoms with E-state index in [0.717, 1.165) is 39.0 Å². The summed E-state index contributed by atoms with van der Waals surface area (Å²) in [6.07, 6.45) is 5.92. The quantitative estimate of drug-likeness (QED) is 0.757. The molecule has 2 fully saturated rings. The van der Waals surface area contributed by atoms with Crippen molar-refractivity contribution in [2.24, 2.45) is 5.92 Å². The minimum Gasteiger partial charge on any atom is -0.353 e. The largest absolute Gasteiger partial charge is 0.353 e. The Morgan fingerprint density at radius 1 is 1.26 bits per heavy atom. The minimum atomic E-state index is -0.200. The molecule has 0 spiro atoms. The zero-order chi connectivity index (χ0) is 19.2. The lowest BCUT2D eigenvalue weighted by Crippen LogP contribution is -2.46. The number of hydrogen-bond acceptors (Lipinski definition) is 5. The molecule has 0 saturated carbocycles. The maximum absolute atomic E-state index is 12.6. The molecule has 1 N–H and O–H groups in total. The molecular formula is C20H31N5O2. The number of amides is 2. The Balaban J connectivity index is 1.40. The van der Waals surface area contributed by atoms with E-state index in [1.54, 1.807) is 0 Å². The molecule has 7 heteroatoms. The fourth-order valence-corrected chi connectivity index (χ4v) is 3.79. The number of likely N-dealkylation sites (N-methyl/N-ethyl adjacent to an activating group) is 1. The number of carbonyl (C=O) groups excluding carboxylic acids is 2. The molecule has 1 aromatic rings. The fourth-order valence-electron chi connectivity index (χ4n) is 3.79. The van der Waals surface area contributed by atoms with Gasteiger partial charge in [0.1, 0.15) is 0 Å². The highest BCUT2D eigenvalue weighted by molar-refractivity contribution is 5.89. The van der Waals surface area contributed by atoms with Gasteiger partial charge in [0.25, 0.3) is 0 Å². The van der Waals surface area contributed by atoms with E-state index in [0.29, 0.717) is 19.5 Å². The second-order valence-corrected chi connectivity index (χ2v) is 7.96. The fraction of sp³-hybridized carbons (Fsp3) is 0.650. The number of nitrogens with one attached hydrogen (secondary N) is 1. The number of likely N-dealkylation sites (tertiary alicyclic amines) is 2. The van der Waals surface area contributed by atoms with Crippen LogP contribution in [0.4, 0.5) is 0 Å². The van der Waals surface area contributed by atoms with Gasteiger partial charge in [-0.05, 0) is 44.6 Å². The molecule has 0 aromatic carbocycles. The van der Waals surface area contributed by atoms with Crippen LogP contribution in [0, 0.1) is 5.92 Å². The summed E-state index contributed by atoms with van der Waals surface area (Å²) >= 11 is 0. The molecule has 2 amide bonds. The second-order valence-electron chi connectivity index (χ2n) is 7.96. The lowest BCUT2D eigenvalue weighted by atomic mass is 10.0. The molecule has 3 heterocycles. The molecule has 2 saturated heterocycles. The Kier molecular flexibility index (Phi) is 6.79. The number of carbonyl (C=O) groups is 2. The van der Waals surface area contributed by atoms with Gasteiger partial charge >= 0.3 is 0 Å². The van der Waals surface area contributed by atoms with Gasteiger partial charge in [-0.15, -0.1) is 0 Å². The standard InChI is InChI=1S/C20H31N5O2/c1-23(2)11-12-25-15-17(13-19(25)26)20(27)22-18-5-9-24(10-6-18)14-16-3-7-21-8-4-16/h3-4,7-8,17-18H,5-6,9-15H2,1-2H3,(H,22,27)/t17-/m0/s1. The summed E-state index contributed by atoms with van der Waals surface area (Å²) in [7, 11) is 3.98. The Morgan fingerprint density at radius 2 is 1.96 bits per heavy atom. The Bertz CT molecular complexity index is 629. The first-order valence-corrected chi connectivity index (χ1v) is 9.85. The zero-order valence-electron chi connectivity index (χ0n) is 16.4. The van der Waals surface area contributed by atoms with E-state index >= 15 is 0 Å². The summed E-state index contributed by atoms with van der Waals surface area (Å²) in [5.41, 5.74) is 1.27. The van der Waals surface area contributed by atoms with Crippen molar-refractivity contribution in [2.75, 3.05) is 46.8 Å². The highest BCUT2D eigenvalue weighted by atomic mass is 16.2. The van der Waals surface area contributed by atoms with Crippen LogP contribution in [0.2, 0.25) is 0 Å². The van der Waals surface area contributed by atoms with Gasteiger partial charge in [0, 0.05) is 64.1 Å². The van der Waals surface area contributed by atoms with Crippen molar-refractivity contribution in [3.05, 3.63) is 30.1 Å². The Morgan fingerprint density at radius 3 is 2.63 bits per heavy atom. The average molecular weight is 374 g/mol. The lowest BCUT2D eigenvalue weighted by molar-refractivity contribution is -0.129. The van der Waals surface area contributed by atoms with Crippen molar-refractivity contribution < 1.29 is 9.59 Å². The number of piperidine rings is 1. The van der Waals surface area contributed by atoms with Crippen molar-refractivity contribution >= 4 is 11.8 Å². The van der Waals surface area contributed by atoms with Gasteiger partial charge in [-0.1, -0.05) is 0 Å². The van der Waals surface area contributed by atoms with Crippen LogP contribution in [0.25, 0.3) is 0 Å². The number of aromatic nitrogens is 1. The molecule has 0 bridgehead atoms. The normalized spacial score (nSPS) is 21.8. The maximum Gasteiger partial charge on any atom is 0.225 e. The summed E-state index contributed by atoms with van der Waals surface area (Å²) in [5, 5.41) is 3.19. The molecule has 0 radical (unpaired) electrons. The molecular weight excluding hydrogens is 342 g/mol. The van der Waals surface area contributed by atoms with Crippen molar-refractivity contribution in [1.29, 1.82) is 0 Å². The third-order valence-corrected chi connectivity index (χ3v) is 5.49. The topological polar surface area (TPSA) is 68.8 Å². The van der Waals surface area contributed by atoms with Gasteiger partial charge < -0.3 is 15.1 Å². The third-order valence-electron chi connectivity index (χ3n) is 5.49. The number of pyridine rings is 1. The van der Waals surface area contributed by atoms with Crippen LogP contribution in [0.15, 0.2) is 24.5 Å². The maximum atomic E-state index is 12.6. The smallest absolute Gasteiger partial charge is 0.225 e. The molecule has 0 unspecified atom stereocenters. The van der Waals surface area contributed by atoms with Gasteiger partial charge in [0.15, 0.2) is 0 Å². The summed E-state index contributed by atoms with van der Waals surface area (Å²) in [6.45, 7) is 4.97. The first-order chi connectivity index (χ1) is 13.0. The van der Waals surface area contributed by atoms with Crippen LogP contribution in [-0.4, -0.2) is 84.4 Å². The van der Waals surface area contributed by atoms with Crippen LogP contribution in [0.3, 0.4) is 0 Å². The first-order valence-electron chi connectivity index (χ1n) is 9.85. The van der Waals surface area contributed by atoms with Crippen molar-refractivity contribution in [3.8, 4) is 0 Å². The van der Waals surface area contributed by atoms with Crippen molar-refractivity contribution in [1.82, 2.24) is 25.0 Å². The van der Waals surface area contributed by atoms with Crippen LogP contribution in [0.5, 0.6) is 0 Å². The number of hydrogen-bond donors (Lipinski definition) is 1. The molecule has 2 aliphatic heterocycles. The van der Waals surface area contributed by atoms with E-state index in [-0.39, 0.29) is 23.8 Å². The molecule has 1 atom stereocenters. The van der Waals surface area contributed by atoms with Crippen molar-refractivity contribution in [2.45, 2.75) is 31.8 Å². The second kappa shape index (κ2) is 9.28. The molecule has 0 aliphatic carbocycles. The van der Waals surface area contributed by atoms with E-state index in [4.69, 9.17) is 0 Å². The summed E-state index contributed by atoms with van der Waals surface area (Å²) < 4.78 is 0. The minimum absolute atomic E-state index is 0.0447. The predicted molar refractivity (Wildman–Crippen MR) is 104 cm³/mol. The first kappa shape index (κ1) is 19.8. The van der Waals surface area contributed by atoms with Crippen LogP contribution in [-0.2, 0) is 16.1 Å². The number of nitrogens with zero attached hydrogens (tertiary/aromatic N) is 4. The lowest BCUT2D eigenvalue weighted by Gasteiger charge is -2.32. The molecule has 1 aromatic heterocycles. The monoisotopic (exact) mass is 373 g/mol. The van der Waals surface area contributed by atoms with Gasteiger partial charge in [-0.2, -0.15) is 0 Å².